The van der Waals surface area contributed by atoms with Gasteiger partial charge < -0.3 is 10.6 Å². The summed E-state index contributed by atoms with van der Waals surface area (Å²) in [5.74, 6) is -0.0950. The smallest absolute Gasteiger partial charge is 0.254 e. The van der Waals surface area contributed by atoms with Gasteiger partial charge in [0.05, 0.1) is 17.4 Å². The molecule has 0 spiro atoms. The van der Waals surface area contributed by atoms with Gasteiger partial charge in [-0.05, 0) is 38.2 Å². The van der Waals surface area contributed by atoms with Gasteiger partial charge in [0.1, 0.15) is 0 Å². The first-order valence-corrected chi connectivity index (χ1v) is 7.23. The van der Waals surface area contributed by atoms with Gasteiger partial charge in [0.15, 0.2) is 0 Å². The lowest BCUT2D eigenvalue weighted by Crippen LogP contribution is -2.26. The van der Waals surface area contributed by atoms with Crippen LogP contribution in [0.15, 0.2) is 41.1 Å². The van der Waals surface area contributed by atoms with Crippen LogP contribution in [0.2, 0.25) is 0 Å². The van der Waals surface area contributed by atoms with Gasteiger partial charge in [0.2, 0.25) is 0 Å². The molecule has 0 bridgehead atoms. The van der Waals surface area contributed by atoms with E-state index in [0.29, 0.717) is 12.1 Å². The van der Waals surface area contributed by atoms with Crippen LogP contribution in [0.5, 0.6) is 0 Å². The number of nitrogens with zero attached hydrogens (tertiary/aromatic N) is 2. The number of benzene rings is 1. The van der Waals surface area contributed by atoms with Crippen molar-refractivity contribution in [2.75, 3.05) is 20.1 Å². The molecule has 114 valence electrons. The molecule has 2 N–H and O–H groups in total. The average molecular weight is 374 g/mol. The lowest BCUT2D eigenvalue weighted by molar-refractivity contribution is 0.0953. The van der Waals surface area contributed by atoms with Crippen molar-refractivity contribution in [1.29, 1.82) is 0 Å². The van der Waals surface area contributed by atoms with Crippen LogP contribution in [0.25, 0.3) is 5.69 Å². The minimum Gasteiger partial charge on any atom is -0.352 e. The van der Waals surface area contributed by atoms with Crippen molar-refractivity contribution >= 4 is 34.2 Å². The molecule has 0 aliphatic rings. The third-order valence-electron chi connectivity index (χ3n) is 2.81. The van der Waals surface area contributed by atoms with Gasteiger partial charge in [0, 0.05) is 17.2 Å². The van der Waals surface area contributed by atoms with Gasteiger partial charge in [-0.1, -0.05) is 22.0 Å². The lowest BCUT2D eigenvalue weighted by Gasteiger charge is -2.03. The normalized spacial score (nSPS) is 10.0. The average Bonchev–Trinajstić information content (AvgIpc) is 2.93. The van der Waals surface area contributed by atoms with Gasteiger partial charge in [-0.2, -0.15) is 5.10 Å². The molecule has 2 aromatic rings. The third kappa shape index (κ3) is 5.15. The molecule has 1 aromatic carbocycles. The van der Waals surface area contributed by atoms with Crippen LogP contribution in [-0.2, 0) is 0 Å². The van der Waals surface area contributed by atoms with Crippen molar-refractivity contribution in [3.8, 4) is 5.69 Å². The lowest BCUT2D eigenvalue weighted by atomic mass is 10.3. The fraction of sp³-hybridized carbons (Fsp3) is 0.286. The van der Waals surface area contributed by atoms with Crippen LogP contribution >= 0.6 is 28.3 Å². The highest BCUT2D eigenvalue weighted by Gasteiger charge is 2.08. The first kappa shape index (κ1) is 17.7. The molecule has 0 fully saturated rings. The largest absolute Gasteiger partial charge is 0.352 e. The number of carbonyl (C=O) groups is 1. The van der Waals surface area contributed by atoms with E-state index < -0.39 is 0 Å². The molecular weight excluding hydrogens is 356 g/mol. The molecule has 1 heterocycles. The first-order chi connectivity index (χ1) is 9.70. The Morgan fingerprint density at radius 3 is 2.90 bits per heavy atom. The molecule has 7 heteroatoms. The minimum absolute atomic E-state index is 0. The Morgan fingerprint density at radius 1 is 1.38 bits per heavy atom. The Morgan fingerprint density at radius 2 is 2.19 bits per heavy atom. The predicted molar refractivity (Wildman–Crippen MR) is 89.4 cm³/mol. The van der Waals surface area contributed by atoms with E-state index in [2.05, 4.69) is 31.7 Å². The molecule has 1 aromatic heterocycles. The highest BCUT2D eigenvalue weighted by atomic mass is 79.9. The molecule has 1 amide bonds. The molecule has 0 radical (unpaired) electrons. The first-order valence-electron chi connectivity index (χ1n) is 6.44. The molecule has 0 saturated carbocycles. The van der Waals surface area contributed by atoms with E-state index in [0.717, 1.165) is 23.1 Å². The Bertz CT molecular complexity index is 588. The zero-order chi connectivity index (χ0) is 14.4. The number of amides is 1. The zero-order valence-electron chi connectivity index (χ0n) is 11.7. The summed E-state index contributed by atoms with van der Waals surface area (Å²) in [4.78, 5) is 11.9. The van der Waals surface area contributed by atoms with Crippen molar-refractivity contribution in [2.24, 2.45) is 0 Å². The summed E-state index contributed by atoms with van der Waals surface area (Å²) >= 11 is 3.42. The Balaban J connectivity index is 0.00000220. The second kappa shape index (κ2) is 8.81. The minimum atomic E-state index is -0.0950. The van der Waals surface area contributed by atoms with Gasteiger partial charge in [0.25, 0.3) is 5.91 Å². The van der Waals surface area contributed by atoms with E-state index in [1.165, 1.54) is 0 Å². The van der Waals surface area contributed by atoms with E-state index >= 15 is 0 Å². The fourth-order valence-electron chi connectivity index (χ4n) is 1.77. The van der Waals surface area contributed by atoms with E-state index in [-0.39, 0.29) is 18.3 Å². The van der Waals surface area contributed by atoms with Gasteiger partial charge in [-0.25, -0.2) is 4.68 Å². The van der Waals surface area contributed by atoms with Crippen LogP contribution in [0.3, 0.4) is 0 Å². The maximum Gasteiger partial charge on any atom is 0.254 e. The summed E-state index contributed by atoms with van der Waals surface area (Å²) in [5.41, 5.74) is 1.48. The number of aromatic nitrogens is 2. The number of hydrogen-bond acceptors (Lipinski definition) is 3. The summed E-state index contributed by atoms with van der Waals surface area (Å²) in [6.07, 6.45) is 4.21. The molecule has 2 rings (SSSR count). The molecule has 0 saturated heterocycles. The van der Waals surface area contributed by atoms with Gasteiger partial charge >= 0.3 is 0 Å². The topological polar surface area (TPSA) is 58.9 Å². The Kier molecular flexibility index (Phi) is 7.42. The second-order valence-corrected chi connectivity index (χ2v) is 5.28. The van der Waals surface area contributed by atoms with E-state index in [1.807, 2.05) is 31.3 Å². The number of carbonyl (C=O) groups excluding carboxylic acids is 1. The molecule has 0 aliphatic heterocycles. The summed E-state index contributed by atoms with van der Waals surface area (Å²) in [7, 11) is 1.89. The quantitative estimate of drug-likeness (QED) is 0.765. The van der Waals surface area contributed by atoms with Gasteiger partial charge in [-0.3, -0.25) is 4.79 Å². The van der Waals surface area contributed by atoms with E-state index in [1.54, 1.807) is 17.1 Å². The highest BCUT2D eigenvalue weighted by Crippen LogP contribution is 2.15. The molecular formula is C14H18BrClN4O. The summed E-state index contributed by atoms with van der Waals surface area (Å²) < 4.78 is 2.66. The van der Waals surface area contributed by atoms with Crippen molar-refractivity contribution in [3.63, 3.8) is 0 Å². The van der Waals surface area contributed by atoms with Crippen molar-refractivity contribution in [1.82, 2.24) is 20.4 Å². The summed E-state index contributed by atoms with van der Waals surface area (Å²) in [6, 6.07) is 7.76. The van der Waals surface area contributed by atoms with Gasteiger partial charge in [-0.15, -0.1) is 12.4 Å². The van der Waals surface area contributed by atoms with Crippen LogP contribution in [0, 0.1) is 0 Å². The fourth-order valence-corrected chi connectivity index (χ4v) is 2.16. The predicted octanol–water partition coefficient (Wildman–Crippen LogP) is 2.40. The molecule has 0 atom stereocenters. The van der Waals surface area contributed by atoms with E-state index in [4.69, 9.17) is 0 Å². The Labute approximate surface area is 138 Å². The number of rotatable bonds is 6. The SMILES string of the molecule is CNCCCNC(=O)c1cnn(-c2cccc(Br)c2)c1.Cl. The van der Waals surface area contributed by atoms with Crippen LogP contribution in [0.4, 0.5) is 0 Å². The molecule has 0 aliphatic carbocycles. The van der Waals surface area contributed by atoms with Crippen LogP contribution < -0.4 is 10.6 Å². The maximum atomic E-state index is 11.9. The molecule has 0 unspecified atom stereocenters. The van der Waals surface area contributed by atoms with Crippen LogP contribution in [-0.4, -0.2) is 35.8 Å². The molecule has 21 heavy (non-hydrogen) atoms. The number of hydrogen-bond donors (Lipinski definition) is 2. The Hall–Kier alpha value is -1.37. The van der Waals surface area contributed by atoms with E-state index in [9.17, 15) is 4.79 Å². The maximum absolute atomic E-state index is 11.9. The number of nitrogens with one attached hydrogen (secondary N) is 2. The zero-order valence-corrected chi connectivity index (χ0v) is 14.1. The number of halogens is 2. The monoisotopic (exact) mass is 372 g/mol. The summed E-state index contributed by atoms with van der Waals surface area (Å²) in [6.45, 7) is 1.54. The third-order valence-corrected chi connectivity index (χ3v) is 3.30. The molecule has 5 nitrogen and oxygen atoms in total. The van der Waals surface area contributed by atoms with Crippen LogP contribution in [0.1, 0.15) is 16.8 Å². The summed E-state index contributed by atoms with van der Waals surface area (Å²) in [5, 5.41) is 10.1. The standard InChI is InChI=1S/C14H17BrN4O.ClH/c1-16-6-3-7-17-14(20)11-9-18-19(10-11)13-5-2-4-12(15)8-13;/h2,4-5,8-10,16H,3,6-7H2,1H3,(H,17,20);1H. The second-order valence-electron chi connectivity index (χ2n) is 4.37. The van der Waals surface area contributed by atoms with Crippen molar-refractivity contribution < 1.29 is 4.79 Å². The van der Waals surface area contributed by atoms with Crippen molar-refractivity contribution in [2.45, 2.75) is 6.42 Å². The van der Waals surface area contributed by atoms with Crippen molar-refractivity contribution in [3.05, 3.63) is 46.7 Å². The highest BCUT2D eigenvalue weighted by molar-refractivity contribution is 9.10.